The standard InChI is InChI=1S/C22H19FO3/c1-3-4-5-15-10-20(24)26-22-13(2)21-18(11-17(15)22)19(12-25-21)14-6-8-16(23)9-7-14/h6-12H,3-5H2,1-2H3. The quantitative estimate of drug-likeness (QED) is 0.424. The maximum absolute atomic E-state index is 13.3. The van der Waals surface area contributed by atoms with Crippen LogP contribution in [0.1, 0.15) is 30.9 Å². The second-order valence-corrected chi connectivity index (χ2v) is 6.61. The number of hydrogen-bond donors (Lipinski definition) is 0. The maximum Gasteiger partial charge on any atom is 0.336 e. The molecule has 0 N–H and O–H groups in total. The van der Waals surface area contributed by atoms with Crippen molar-refractivity contribution in [1.82, 2.24) is 0 Å². The molecule has 2 aromatic heterocycles. The zero-order chi connectivity index (χ0) is 18.3. The lowest BCUT2D eigenvalue weighted by atomic mass is 9.97. The summed E-state index contributed by atoms with van der Waals surface area (Å²) in [5.41, 5.74) is 4.52. The van der Waals surface area contributed by atoms with E-state index in [1.54, 1.807) is 24.5 Å². The molecule has 0 aliphatic heterocycles. The maximum atomic E-state index is 13.3. The molecule has 0 radical (unpaired) electrons. The Morgan fingerprint density at radius 1 is 1.04 bits per heavy atom. The van der Waals surface area contributed by atoms with Gasteiger partial charge in [0.15, 0.2) is 0 Å². The van der Waals surface area contributed by atoms with Gasteiger partial charge < -0.3 is 8.83 Å². The highest BCUT2D eigenvalue weighted by molar-refractivity contribution is 6.04. The molecule has 0 fully saturated rings. The van der Waals surface area contributed by atoms with Crippen LogP contribution in [-0.2, 0) is 6.42 Å². The fourth-order valence-corrected chi connectivity index (χ4v) is 3.46. The largest absolute Gasteiger partial charge is 0.463 e. The molecule has 132 valence electrons. The molecule has 0 aliphatic carbocycles. The summed E-state index contributed by atoms with van der Waals surface area (Å²) in [5, 5.41) is 1.88. The summed E-state index contributed by atoms with van der Waals surface area (Å²) in [5.74, 6) is -0.271. The minimum absolute atomic E-state index is 0.271. The normalized spacial score (nSPS) is 11.5. The van der Waals surface area contributed by atoms with Crippen molar-refractivity contribution < 1.29 is 13.2 Å². The molecule has 0 bridgehead atoms. The molecule has 26 heavy (non-hydrogen) atoms. The molecule has 0 saturated carbocycles. The molecule has 2 heterocycles. The molecule has 0 saturated heterocycles. The van der Waals surface area contributed by atoms with E-state index < -0.39 is 0 Å². The van der Waals surface area contributed by atoms with Gasteiger partial charge in [0.25, 0.3) is 0 Å². The highest BCUT2D eigenvalue weighted by atomic mass is 19.1. The number of aryl methyl sites for hydroxylation is 2. The summed E-state index contributed by atoms with van der Waals surface area (Å²) in [6, 6.07) is 9.96. The van der Waals surface area contributed by atoms with Gasteiger partial charge in [-0.1, -0.05) is 25.5 Å². The SMILES string of the molecule is CCCCc1cc(=O)oc2c(C)c3occ(-c4ccc(F)cc4)c3cc12. The molecule has 0 aliphatic rings. The first-order valence-corrected chi connectivity index (χ1v) is 8.82. The number of benzene rings is 2. The van der Waals surface area contributed by atoms with E-state index in [-0.39, 0.29) is 11.4 Å². The summed E-state index contributed by atoms with van der Waals surface area (Å²) in [4.78, 5) is 12.0. The Hall–Kier alpha value is -2.88. The van der Waals surface area contributed by atoms with E-state index in [1.807, 2.05) is 13.0 Å². The summed E-state index contributed by atoms with van der Waals surface area (Å²) in [7, 11) is 0. The minimum atomic E-state index is -0.337. The van der Waals surface area contributed by atoms with Crippen LogP contribution in [0.2, 0.25) is 0 Å². The van der Waals surface area contributed by atoms with Crippen LogP contribution in [0.5, 0.6) is 0 Å². The third-order valence-corrected chi connectivity index (χ3v) is 4.84. The molecular formula is C22H19FO3. The third-order valence-electron chi connectivity index (χ3n) is 4.84. The van der Waals surface area contributed by atoms with E-state index in [9.17, 15) is 9.18 Å². The molecule has 0 amide bonds. The lowest BCUT2D eigenvalue weighted by molar-refractivity contribution is 0.553. The smallest absolute Gasteiger partial charge is 0.336 e. The van der Waals surface area contributed by atoms with Gasteiger partial charge in [-0.25, -0.2) is 9.18 Å². The number of unbranched alkanes of at least 4 members (excludes halogenated alkanes) is 1. The molecule has 2 aromatic carbocycles. The Labute approximate surface area is 150 Å². The Kier molecular flexibility index (Phi) is 4.11. The van der Waals surface area contributed by atoms with Gasteiger partial charge in [0.05, 0.1) is 6.26 Å². The van der Waals surface area contributed by atoms with Gasteiger partial charge in [-0.05, 0) is 49.1 Å². The highest BCUT2D eigenvalue weighted by Crippen LogP contribution is 2.37. The predicted octanol–water partition coefficient (Wildman–Crippen LogP) is 6.00. The summed E-state index contributed by atoms with van der Waals surface area (Å²) in [6.45, 7) is 4.02. The Balaban J connectivity index is 2.01. The molecule has 4 aromatic rings. The molecule has 0 spiro atoms. The van der Waals surface area contributed by atoms with Crippen molar-refractivity contribution in [1.29, 1.82) is 0 Å². The van der Waals surface area contributed by atoms with Crippen molar-refractivity contribution in [3.8, 4) is 11.1 Å². The van der Waals surface area contributed by atoms with Crippen molar-refractivity contribution in [2.45, 2.75) is 33.1 Å². The topological polar surface area (TPSA) is 43.4 Å². The average Bonchev–Trinajstić information content (AvgIpc) is 3.05. The van der Waals surface area contributed by atoms with Crippen molar-refractivity contribution in [3.63, 3.8) is 0 Å². The fourth-order valence-electron chi connectivity index (χ4n) is 3.46. The number of halogens is 1. The number of rotatable bonds is 4. The zero-order valence-electron chi connectivity index (χ0n) is 14.8. The molecule has 4 heteroatoms. The lowest BCUT2D eigenvalue weighted by Crippen LogP contribution is -2.02. The molecular weight excluding hydrogens is 331 g/mol. The summed E-state index contributed by atoms with van der Waals surface area (Å²) in [6.07, 6.45) is 4.56. The van der Waals surface area contributed by atoms with Gasteiger partial charge in [0.2, 0.25) is 0 Å². The van der Waals surface area contributed by atoms with Crippen molar-refractivity contribution in [2.75, 3.05) is 0 Å². The minimum Gasteiger partial charge on any atom is -0.463 e. The second kappa shape index (κ2) is 6.45. The Morgan fingerprint density at radius 2 is 1.81 bits per heavy atom. The van der Waals surface area contributed by atoms with Gasteiger partial charge in [-0.2, -0.15) is 0 Å². The number of fused-ring (bicyclic) bond motifs is 2. The Morgan fingerprint density at radius 3 is 2.54 bits per heavy atom. The Bertz CT molecular complexity index is 1150. The van der Waals surface area contributed by atoms with Gasteiger partial charge in [-0.3, -0.25) is 0 Å². The second-order valence-electron chi connectivity index (χ2n) is 6.61. The first-order chi connectivity index (χ1) is 12.6. The fraction of sp³-hybridized carbons (Fsp3) is 0.227. The van der Waals surface area contributed by atoms with E-state index in [0.717, 1.165) is 52.3 Å². The number of hydrogen-bond acceptors (Lipinski definition) is 3. The predicted molar refractivity (Wildman–Crippen MR) is 101 cm³/mol. The van der Waals surface area contributed by atoms with Crippen LogP contribution in [0.15, 0.2) is 56.3 Å². The monoisotopic (exact) mass is 350 g/mol. The first-order valence-electron chi connectivity index (χ1n) is 8.82. The van der Waals surface area contributed by atoms with Crippen molar-refractivity contribution in [2.24, 2.45) is 0 Å². The van der Waals surface area contributed by atoms with Crippen LogP contribution < -0.4 is 5.63 Å². The van der Waals surface area contributed by atoms with Crippen LogP contribution >= 0.6 is 0 Å². The van der Waals surface area contributed by atoms with E-state index in [2.05, 4.69) is 6.92 Å². The third kappa shape index (κ3) is 2.71. The molecule has 4 rings (SSSR count). The van der Waals surface area contributed by atoms with E-state index in [1.165, 1.54) is 12.1 Å². The van der Waals surface area contributed by atoms with Crippen LogP contribution in [0.3, 0.4) is 0 Å². The highest BCUT2D eigenvalue weighted by Gasteiger charge is 2.17. The van der Waals surface area contributed by atoms with Gasteiger partial charge >= 0.3 is 5.63 Å². The zero-order valence-corrected chi connectivity index (χ0v) is 14.8. The molecule has 3 nitrogen and oxygen atoms in total. The van der Waals surface area contributed by atoms with Crippen LogP contribution in [0, 0.1) is 12.7 Å². The van der Waals surface area contributed by atoms with E-state index in [0.29, 0.717) is 11.2 Å². The van der Waals surface area contributed by atoms with Crippen molar-refractivity contribution >= 4 is 21.9 Å². The van der Waals surface area contributed by atoms with Gasteiger partial charge in [0.1, 0.15) is 17.0 Å². The van der Waals surface area contributed by atoms with Crippen LogP contribution in [0.4, 0.5) is 4.39 Å². The molecule has 0 atom stereocenters. The van der Waals surface area contributed by atoms with Crippen LogP contribution in [-0.4, -0.2) is 0 Å². The van der Waals surface area contributed by atoms with E-state index >= 15 is 0 Å². The molecule has 0 unspecified atom stereocenters. The van der Waals surface area contributed by atoms with Crippen molar-refractivity contribution in [3.05, 3.63) is 70.0 Å². The van der Waals surface area contributed by atoms with Crippen LogP contribution in [0.25, 0.3) is 33.1 Å². The average molecular weight is 350 g/mol. The van der Waals surface area contributed by atoms with Gasteiger partial charge in [0, 0.05) is 28.0 Å². The van der Waals surface area contributed by atoms with E-state index in [4.69, 9.17) is 8.83 Å². The summed E-state index contributed by atoms with van der Waals surface area (Å²) < 4.78 is 24.5. The number of furan rings is 1. The summed E-state index contributed by atoms with van der Waals surface area (Å²) >= 11 is 0. The van der Waals surface area contributed by atoms with Gasteiger partial charge in [-0.15, -0.1) is 0 Å². The lowest BCUT2D eigenvalue weighted by Gasteiger charge is -2.08. The first kappa shape index (κ1) is 16.6.